The highest BCUT2D eigenvalue weighted by Gasteiger charge is 2.35. The number of aromatic nitrogens is 1. The number of nitrogens with zero attached hydrogens (tertiary/aromatic N) is 1. The predicted molar refractivity (Wildman–Crippen MR) is 57.7 cm³/mol. The van der Waals surface area contributed by atoms with Crippen molar-refractivity contribution in [2.75, 3.05) is 13.2 Å². The Morgan fingerprint density at radius 3 is 2.47 bits per heavy atom. The van der Waals surface area contributed by atoms with E-state index in [4.69, 9.17) is 17.3 Å². The van der Waals surface area contributed by atoms with Gasteiger partial charge >= 0.3 is 6.18 Å². The van der Waals surface area contributed by atoms with Gasteiger partial charge in [0, 0.05) is 18.2 Å². The zero-order valence-corrected chi connectivity index (χ0v) is 9.81. The summed E-state index contributed by atoms with van der Waals surface area (Å²) >= 11 is 5.74. The lowest BCUT2D eigenvalue weighted by Crippen LogP contribution is -2.36. The van der Waals surface area contributed by atoms with Crippen molar-refractivity contribution in [2.24, 2.45) is 5.73 Å². The van der Waals surface area contributed by atoms with Gasteiger partial charge in [0.2, 0.25) is 0 Å². The van der Waals surface area contributed by atoms with Crippen LogP contribution in [0.5, 0.6) is 0 Å². The molecule has 1 heterocycles. The number of alkyl halides is 3. The summed E-state index contributed by atoms with van der Waals surface area (Å²) in [7, 11) is 0. The molecular formula is C10H12ClF3N2O. The van der Waals surface area contributed by atoms with Gasteiger partial charge in [-0.2, -0.15) is 13.2 Å². The van der Waals surface area contributed by atoms with Crippen molar-refractivity contribution in [1.29, 1.82) is 0 Å². The zero-order valence-electron chi connectivity index (χ0n) is 9.05. The molecule has 96 valence electrons. The van der Waals surface area contributed by atoms with Crippen LogP contribution in [0, 0.1) is 0 Å². The second kappa shape index (κ2) is 4.80. The van der Waals surface area contributed by atoms with Gasteiger partial charge in [-0.25, -0.2) is 4.98 Å². The van der Waals surface area contributed by atoms with E-state index in [0.717, 1.165) is 6.07 Å². The van der Waals surface area contributed by atoms with Crippen LogP contribution in [-0.2, 0) is 11.6 Å². The van der Waals surface area contributed by atoms with Crippen LogP contribution in [0.4, 0.5) is 13.2 Å². The van der Waals surface area contributed by atoms with Gasteiger partial charge in [0.05, 0.1) is 12.2 Å². The van der Waals surface area contributed by atoms with E-state index in [9.17, 15) is 18.3 Å². The highest BCUT2D eigenvalue weighted by atomic mass is 35.5. The van der Waals surface area contributed by atoms with Gasteiger partial charge in [-0.1, -0.05) is 18.5 Å². The van der Waals surface area contributed by atoms with Gasteiger partial charge < -0.3 is 10.8 Å². The number of nitrogens with two attached hydrogens (primary N) is 1. The molecule has 0 fully saturated rings. The van der Waals surface area contributed by atoms with E-state index in [2.05, 4.69) is 4.98 Å². The van der Waals surface area contributed by atoms with E-state index in [1.165, 1.54) is 6.92 Å². The molecule has 0 bridgehead atoms. The maximum absolute atomic E-state index is 12.5. The molecule has 3 nitrogen and oxygen atoms in total. The standard InChI is InChI=1S/C10H12ClF3N2O/c1-9(4-15,5-17)7-2-6(10(12,13)14)3-16-8(7)11/h2-3,17H,4-5,15H2,1H3. The highest BCUT2D eigenvalue weighted by molar-refractivity contribution is 6.30. The van der Waals surface area contributed by atoms with E-state index in [0.29, 0.717) is 6.20 Å². The molecule has 0 aliphatic rings. The van der Waals surface area contributed by atoms with Crippen LogP contribution in [0.1, 0.15) is 18.1 Å². The number of pyridine rings is 1. The highest BCUT2D eigenvalue weighted by Crippen LogP contribution is 2.34. The maximum Gasteiger partial charge on any atom is 0.417 e. The summed E-state index contributed by atoms with van der Waals surface area (Å²) in [5.41, 5.74) is 3.60. The molecule has 0 saturated carbocycles. The maximum atomic E-state index is 12.5. The zero-order chi connectivity index (χ0) is 13.3. The van der Waals surface area contributed by atoms with Crippen molar-refractivity contribution in [2.45, 2.75) is 18.5 Å². The quantitative estimate of drug-likeness (QED) is 0.824. The Kier molecular flexibility index (Phi) is 4.01. The van der Waals surface area contributed by atoms with Crippen LogP contribution in [-0.4, -0.2) is 23.2 Å². The van der Waals surface area contributed by atoms with Crippen LogP contribution < -0.4 is 5.73 Å². The Morgan fingerprint density at radius 2 is 2.06 bits per heavy atom. The summed E-state index contributed by atoms with van der Waals surface area (Å²) in [5, 5.41) is 9.13. The third-order valence-electron chi connectivity index (χ3n) is 2.62. The van der Waals surface area contributed by atoms with E-state index >= 15 is 0 Å². The molecule has 1 atom stereocenters. The van der Waals surface area contributed by atoms with Gasteiger partial charge in [0.1, 0.15) is 5.15 Å². The topological polar surface area (TPSA) is 59.1 Å². The fraction of sp³-hybridized carbons (Fsp3) is 0.500. The number of aliphatic hydroxyl groups excluding tert-OH is 1. The summed E-state index contributed by atoms with van der Waals surface area (Å²) < 4.78 is 37.6. The largest absolute Gasteiger partial charge is 0.417 e. The fourth-order valence-electron chi connectivity index (χ4n) is 1.29. The third-order valence-corrected chi connectivity index (χ3v) is 2.92. The monoisotopic (exact) mass is 268 g/mol. The summed E-state index contributed by atoms with van der Waals surface area (Å²) in [6.45, 7) is 1.08. The van der Waals surface area contributed by atoms with Crippen LogP contribution in [0.2, 0.25) is 5.15 Å². The van der Waals surface area contributed by atoms with Crippen molar-refractivity contribution in [3.63, 3.8) is 0 Å². The van der Waals surface area contributed by atoms with E-state index in [-0.39, 0.29) is 17.3 Å². The molecule has 1 unspecified atom stereocenters. The normalized spacial score (nSPS) is 15.7. The van der Waals surface area contributed by atoms with E-state index < -0.39 is 23.8 Å². The van der Waals surface area contributed by atoms with Gasteiger partial charge in [-0.05, 0) is 11.6 Å². The molecule has 1 aromatic heterocycles. The van der Waals surface area contributed by atoms with Crippen molar-refractivity contribution in [3.05, 3.63) is 28.5 Å². The summed E-state index contributed by atoms with van der Waals surface area (Å²) in [6, 6.07) is 0.873. The van der Waals surface area contributed by atoms with E-state index in [1.54, 1.807) is 0 Å². The Hall–Kier alpha value is -0.850. The first-order valence-corrected chi connectivity index (χ1v) is 5.16. The number of hydrogen-bond acceptors (Lipinski definition) is 3. The smallest absolute Gasteiger partial charge is 0.395 e. The van der Waals surface area contributed by atoms with Gasteiger partial charge in [-0.3, -0.25) is 0 Å². The Labute approximate surface area is 101 Å². The first-order valence-electron chi connectivity index (χ1n) is 4.79. The Morgan fingerprint density at radius 1 is 1.47 bits per heavy atom. The molecule has 0 saturated heterocycles. The lowest BCUT2D eigenvalue weighted by molar-refractivity contribution is -0.137. The van der Waals surface area contributed by atoms with Crippen molar-refractivity contribution in [3.8, 4) is 0 Å². The first-order chi connectivity index (χ1) is 7.74. The SMILES string of the molecule is CC(CN)(CO)c1cc(C(F)(F)F)cnc1Cl. The number of halogens is 4. The third kappa shape index (κ3) is 2.88. The molecule has 1 aromatic rings. The molecular weight excluding hydrogens is 257 g/mol. The summed E-state index contributed by atoms with van der Waals surface area (Å²) in [6.07, 6.45) is -3.85. The van der Waals surface area contributed by atoms with Gasteiger partial charge in [0.25, 0.3) is 0 Å². The number of hydrogen-bond donors (Lipinski definition) is 2. The molecule has 0 aromatic carbocycles. The predicted octanol–water partition coefficient (Wildman–Crippen LogP) is 1.96. The average molecular weight is 269 g/mol. The van der Waals surface area contributed by atoms with Gasteiger partial charge in [0.15, 0.2) is 0 Å². The van der Waals surface area contributed by atoms with Crippen LogP contribution in [0.15, 0.2) is 12.3 Å². The molecule has 17 heavy (non-hydrogen) atoms. The molecule has 0 spiro atoms. The number of aliphatic hydroxyl groups is 1. The van der Waals surface area contributed by atoms with Crippen LogP contribution >= 0.6 is 11.6 Å². The minimum Gasteiger partial charge on any atom is -0.395 e. The number of rotatable bonds is 3. The minimum absolute atomic E-state index is 0.0355. The van der Waals surface area contributed by atoms with Crippen molar-refractivity contribution >= 4 is 11.6 Å². The second-order valence-electron chi connectivity index (χ2n) is 3.98. The Balaban J connectivity index is 3.33. The molecule has 7 heteroatoms. The molecule has 3 N–H and O–H groups in total. The molecule has 0 radical (unpaired) electrons. The molecule has 1 rings (SSSR count). The van der Waals surface area contributed by atoms with Crippen LogP contribution in [0.25, 0.3) is 0 Å². The minimum atomic E-state index is -4.50. The second-order valence-corrected chi connectivity index (χ2v) is 4.34. The lowest BCUT2D eigenvalue weighted by atomic mass is 9.84. The van der Waals surface area contributed by atoms with Crippen molar-refractivity contribution in [1.82, 2.24) is 4.98 Å². The molecule has 0 aliphatic heterocycles. The van der Waals surface area contributed by atoms with Gasteiger partial charge in [-0.15, -0.1) is 0 Å². The molecule has 0 aliphatic carbocycles. The summed E-state index contributed by atoms with van der Waals surface area (Å²) in [4.78, 5) is 3.49. The average Bonchev–Trinajstić information content (AvgIpc) is 2.27. The first kappa shape index (κ1) is 14.2. The lowest BCUT2D eigenvalue weighted by Gasteiger charge is -2.27. The van der Waals surface area contributed by atoms with E-state index in [1.807, 2.05) is 0 Å². The Bertz CT molecular complexity index is 405. The fourth-order valence-corrected chi connectivity index (χ4v) is 1.62. The molecule has 0 amide bonds. The van der Waals surface area contributed by atoms with Crippen LogP contribution in [0.3, 0.4) is 0 Å². The summed E-state index contributed by atoms with van der Waals surface area (Å²) in [5.74, 6) is 0. The van der Waals surface area contributed by atoms with Crippen molar-refractivity contribution < 1.29 is 18.3 Å².